The Kier molecular flexibility index (Phi) is 7.67. The molecule has 176 valence electrons. The second-order valence-electron chi connectivity index (χ2n) is 7.37. The molecule has 3 aromatic rings. The van der Waals surface area contributed by atoms with Crippen LogP contribution in [0.3, 0.4) is 0 Å². The quantitative estimate of drug-likeness (QED) is 0.440. The molecule has 11 heteroatoms. The highest BCUT2D eigenvalue weighted by Crippen LogP contribution is 2.22. The zero-order chi connectivity index (χ0) is 24.0. The van der Waals surface area contributed by atoms with Crippen LogP contribution < -0.4 is 14.2 Å². The minimum absolute atomic E-state index is 0.00147. The molecule has 3 rings (SSSR count). The lowest BCUT2D eigenvalue weighted by Crippen LogP contribution is -2.45. The number of benzene rings is 2. The molecule has 2 aromatic carbocycles. The summed E-state index contributed by atoms with van der Waals surface area (Å²) in [7, 11) is -0.934. The molecule has 0 saturated carbocycles. The highest BCUT2D eigenvalue weighted by atomic mass is 32.2. The van der Waals surface area contributed by atoms with Crippen LogP contribution in [0.2, 0.25) is 0 Å². The molecule has 1 heterocycles. The van der Waals surface area contributed by atoms with Crippen molar-refractivity contribution in [3.63, 3.8) is 0 Å². The maximum atomic E-state index is 12.7. The van der Waals surface area contributed by atoms with Gasteiger partial charge in [-0.1, -0.05) is 31.1 Å². The van der Waals surface area contributed by atoms with Gasteiger partial charge < -0.3 is 18.7 Å². The van der Waals surface area contributed by atoms with Gasteiger partial charge >= 0.3 is 5.97 Å². The Morgan fingerprint density at radius 2 is 1.76 bits per heavy atom. The first-order chi connectivity index (χ1) is 15.7. The summed E-state index contributed by atoms with van der Waals surface area (Å²) in [6.07, 6.45) is 0. The van der Waals surface area contributed by atoms with Gasteiger partial charge in [-0.3, -0.25) is 4.79 Å². The Balaban J connectivity index is 1.66. The van der Waals surface area contributed by atoms with Gasteiger partial charge in [-0.2, -0.15) is 9.71 Å². The fourth-order valence-corrected chi connectivity index (χ4v) is 4.20. The van der Waals surface area contributed by atoms with Gasteiger partial charge in [0.25, 0.3) is 5.89 Å². The van der Waals surface area contributed by atoms with Crippen LogP contribution in [0.4, 0.5) is 0 Å². The Morgan fingerprint density at radius 1 is 1.06 bits per heavy atom. The normalized spacial score (nSPS) is 12.4. The highest BCUT2D eigenvalue weighted by Gasteiger charge is 2.30. The number of sulfonamides is 1. The first kappa shape index (κ1) is 24.2. The van der Waals surface area contributed by atoms with E-state index in [1.54, 1.807) is 45.2 Å². The SMILES string of the molecule is COc1ccc(S(=O)(=O)NC(C(=O)OCc2nc(-c3cccc(OC)c3)no2)C(C)C)cc1. The van der Waals surface area contributed by atoms with Crippen molar-refractivity contribution in [2.45, 2.75) is 31.4 Å². The lowest BCUT2D eigenvalue weighted by atomic mass is 10.1. The number of hydrogen-bond donors (Lipinski definition) is 1. The minimum atomic E-state index is -3.97. The van der Waals surface area contributed by atoms with Crippen molar-refractivity contribution in [3.05, 3.63) is 54.4 Å². The standard InChI is InChI=1S/C22H25N3O7S/c1-14(2)20(25-33(27,28)18-10-8-16(29-3)9-11-18)22(26)31-13-19-23-21(24-32-19)15-6-5-7-17(12-15)30-4/h5-12,14,20,25H,13H2,1-4H3. The average molecular weight is 476 g/mol. The van der Waals surface area contributed by atoms with Crippen molar-refractivity contribution in [2.24, 2.45) is 5.92 Å². The van der Waals surface area contributed by atoms with Crippen molar-refractivity contribution in [3.8, 4) is 22.9 Å². The van der Waals surface area contributed by atoms with Crippen molar-refractivity contribution in [1.82, 2.24) is 14.9 Å². The van der Waals surface area contributed by atoms with E-state index in [1.807, 2.05) is 0 Å². The van der Waals surface area contributed by atoms with Crippen molar-refractivity contribution < 1.29 is 31.9 Å². The second-order valence-corrected chi connectivity index (χ2v) is 9.08. The van der Waals surface area contributed by atoms with Gasteiger partial charge in [-0.25, -0.2) is 8.42 Å². The van der Waals surface area contributed by atoms with Crippen molar-refractivity contribution in [1.29, 1.82) is 0 Å². The summed E-state index contributed by atoms with van der Waals surface area (Å²) in [5, 5.41) is 3.88. The number of aromatic nitrogens is 2. The summed E-state index contributed by atoms with van der Waals surface area (Å²) in [5.41, 5.74) is 0.669. The molecule has 0 aliphatic heterocycles. The number of carbonyl (C=O) groups excluding carboxylic acids is 1. The molecule has 0 amide bonds. The third kappa shape index (κ3) is 6.08. The summed E-state index contributed by atoms with van der Waals surface area (Å²) in [4.78, 5) is 16.9. The maximum absolute atomic E-state index is 12.7. The molecule has 0 spiro atoms. The van der Waals surface area contributed by atoms with Gasteiger partial charge in [0.05, 0.1) is 19.1 Å². The third-order valence-electron chi connectivity index (χ3n) is 4.71. The third-order valence-corrected chi connectivity index (χ3v) is 6.16. The van der Waals surface area contributed by atoms with Crippen LogP contribution in [-0.2, 0) is 26.2 Å². The van der Waals surface area contributed by atoms with E-state index >= 15 is 0 Å². The lowest BCUT2D eigenvalue weighted by Gasteiger charge is -2.20. The molecule has 0 aliphatic carbocycles. The number of rotatable bonds is 10. The maximum Gasteiger partial charge on any atom is 0.324 e. The van der Waals surface area contributed by atoms with Crippen LogP contribution in [0.25, 0.3) is 11.4 Å². The average Bonchev–Trinajstić information content (AvgIpc) is 3.30. The minimum Gasteiger partial charge on any atom is -0.497 e. The van der Waals surface area contributed by atoms with E-state index in [9.17, 15) is 13.2 Å². The zero-order valence-electron chi connectivity index (χ0n) is 18.6. The Morgan fingerprint density at radius 3 is 2.39 bits per heavy atom. The Hall–Kier alpha value is -3.44. The molecule has 10 nitrogen and oxygen atoms in total. The topological polar surface area (TPSA) is 130 Å². The summed E-state index contributed by atoms with van der Waals surface area (Å²) >= 11 is 0. The number of esters is 1. The fourth-order valence-electron chi connectivity index (χ4n) is 2.86. The largest absolute Gasteiger partial charge is 0.497 e. The van der Waals surface area contributed by atoms with E-state index in [0.29, 0.717) is 22.9 Å². The molecule has 33 heavy (non-hydrogen) atoms. The molecule has 0 bridgehead atoms. The summed E-state index contributed by atoms with van der Waals surface area (Å²) in [6, 6.07) is 11.8. The van der Waals surface area contributed by atoms with Crippen molar-refractivity contribution in [2.75, 3.05) is 14.2 Å². The first-order valence-corrected chi connectivity index (χ1v) is 11.5. The van der Waals surface area contributed by atoms with Crippen LogP contribution in [0, 0.1) is 5.92 Å². The lowest BCUT2D eigenvalue weighted by molar-refractivity contribution is -0.148. The first-order valence-electron chi connectivity index (χ1n) is 10.0. The smallest absolute Gasteiger partial charge is 0.324 e. The van der Waals surface area contributed by atoms with Gasteiger partial charge in [0.2, 0.25) is 15.8 Å². The van der Waals surface area contributed by atoms with E-state index in [4.69, 9.17) is 18.7 Å². The number of nitrogens with zero attached hydrogens (tertiary/aromatic N) is 2. The van der Waals surface area contributed by atoms with E-state index in [1.165, 1.54) is 31.4 Å². The number of hydrogen-bond acceptors (Lipinski definition) is 9. The summed E-state index contributed by atoms with van der Waals surface area (Å²) in [6.45, 7) is 3.11. The molecular weight excluding hydrogens is 450 g/mol. The molecule has 0 radical (unpaired) electrons. The molecule has 1 N–H and O–H groups in total. The van der Waals surface area contributed by atoms with Gasteiger partial charge in [-0.05, 0) is 42.3 Å². The van der Waals surface area contributed by atoms with E-state index in [2.05, 4.69) is 14.9 Å². The molecular formula is C22H25N3O7S. The van der Waals surface area contributed by atoms with E-state index in [-0.39, 0.29) is 23.3 Å². The predicted octanol–water partition coefficient (Wildman–Crippen LogP) is 2.80. The Bertz CT molecular complexity index is 1190. The Labute approximate surface area is 191 Å². The molecule has 1 atom stereocenters. The molecule has 0 aliphatic rings. The second kappa shape index (κ2) is 10.5. The predicted molar refractivity (Wildman–Crippen MR) is 118 cm³/mol. The van der Waals surface area contributed by atoms with E-state index in [0.717, 1.165) is 0 Å². The van der Waals surface area contributed by atoms with Crippen LogP contribution in [0.15, 0.2) is 57.9 Å². The number of nitrogens with one attached hydrogen (secondary N) is 1. The van der Waals surface area contributed by atoms with Crippen molar-refractivity contribution >= 4 is 16.0 Å². The summed E-state index contributed by atoms with van der Waals surface area (Å²) < 4.78 is 48.5. The molecule has 1 unspecified atom stereocenters. The fraction of sp³-hybridized carbons (Fsp3) is 0.318. The number of methoxy groups -OCH3 is 2. The van der Waals surface area contributed by atoms with Gasteiger partial charge in [0.15, 0.2) is 6.61 Å². The van der Waals surface area contributed by atoms with E-state index < -0.39 is 22.0 Å². The number of ether oxygens (including phenoxy) is 3. The van der Waals surface area contributed by atoms with Gasteiger partial charge in [0.1, 0.15) is 17.5 Å². The highest BCUT2D eigenvalue weighted by molar-refractivity contribution is 7.89. The van der Waals surface area contributed by atoms with Crippen LogP contribution in [-0.4, -0.2) is 44.8 Å². The molecule has 1 aromatic heterocycles. The van der Waals surface area contributed by atoms with Crippen LogP contribution in [0.5, 0.6) is 11.5 Å². The monoisotopic (exact) mass is 475 g/mol. The van der Waals surface area contributed by atoms with Crippen LogP contribution >= 0.6 is 0 Å². The van der Waals surface area contributed by atoms with Gasteiger partial charge in [0, 0.05) is 5.56 Å². The molecule has 0 fully saturated rings. The van der Waals surface area contributed by atoms with Crippen LogP contribution in [0.1, 0.15) is 19.7 Å². The van der Waals surface area contributed by atoms with Gasteiger partial charge in [-0.15, -0.1) is 0 Å². The number of carbonyl (C=O) groups is 1. The molecule has 0 saturated heterocycles. The summed E-state index contributed by atoms with van der Waals surface area (Å²) in [5.74, 6) is 0.391. The zero-order valence-corrected chi connectivity index (χ0v) is 19.5.